The molecule has 1 rings (SSSR count). The van der Waals surface area contributed by atoms with Crippen molar-refractivity contribution in [3.8, 4) is 0 Å². The fraction of sp³-hybridized carbons (Fsp3) is 0.538. The molecule has 0 saturated carbocycles. The van der Waals surface area contributed by atoms with Crippen LogP contribution in [0.25, 0.3) is 0 Å². The van der Waals surface area contributed by atoms with Crippen LogP contribution in [0.2, 0.25) is 0 Å². The van der Waals surface area contributed by atoms with E-state index in [0.717, 1.165) is 6.20 Å². The second kappa shape index (κ2) is 7.76. The maximum Gasteiger partial charge on any atom is 0.254 e. The van der Waals surface area contributed by atoms with Gasteiger partial charge in [0.2, 0.25) is 0 Å². The molecule has 18 heavy (non-hydrogen) atoms. The van der Waals surface area contributed by atoms with Crippen molar-refractivity contribution in [2.75, 3.05) is 19.8 Å². The number of aromatic nitrogens is 1. The Labute approximate surface area is 107 Å². The van der Waals surface area contributed by atoms with E-state index < -0.39 is 11.7 Å². The lowest BCUT2D eigenvalue weighted by Crippen LogP contribution is -2.26. The van der Waals surface area contributed by atoms with E-state index in [1.807, 2.05) is 0 Å². The summed E-state index contributed by atoms with van der Waals surface area (Å²) in [6.45, 7) is 5.94. The normalized spacial score (nSPS) is 10.7. The second-order valence-corrected chi connectivity index (χ2v) is 4.43. The maximum absolute atomic E-state index is 13.2. The number of hydrogen-bond donors (Lipinski definition) is 1. The third kappa shape index (κ3) is 5.23. The highest BCUT2D eigenvalue weighted by molar-refractivity contribution is 5.94. The first-order valence-corrected chi connectivity index (χ1v) is 6.06. The Bertz CT molecular complexity index is 383. The summed E-state index contributed by atoms with van der Waals surface area (Å²) in [4.78, 5) is 15.2. The van der Waals surface area contributed by atoms with E-state index in [9.17, 15) is 9.18 Å². The van der Waals surface area contributed by atoms with Crippen LogP contribution >= 0.6 is 0 Å². The zero-order valence-corrected chi connectivity index (χ0v) is 10.8. The molecule has 0 aromatic carbocycles. The third-order valence-electron chi connectivity index (χ3n) is 2.22. The fourth-order valence-electron chi connectivity index (χ4n) is 1.35. The zero-order chi connectivity index (χ0) is 13.4. The topological polar surface area (TPSA) is 51.2 Å². The molecule has 0 saturated heterocycles. The summed E-state index contributed by atoms with van der Waals surface area (Å²) in [5, 5.41) is 2.64. The Morgan fingerprint density at radius 1 is 1.56 bits per heavy atom. The first kappa shape index (κ1) is 14.6. The summed E-state index contributed by atoms with van der Waals surface area (Å²) in [5.74, 6) is -0.518. The third-order valence-corrected chi connectivity index (χ3v) is 2.22. The average Bonchev–Trinajstić information content (AvgIpc) is 2.33. The van der Waals surface area contributed by atoms with Gasteiger partial charge in [0.1, 0.15) is 0 Å². The standard InChI is InChI=1S/C13H19FN2O2/c1-10(2)9-18-7-3-5-16-13(17)11-4-6-15-8-12(11)14/h4,6,8,10H,3,5,7,9H2,1-2H3,(H,16,17). The predicted molar refractivity (Wildman–Crippen MR) is 66.8 cm³/mol. The summed E-state index contributed by atoms with van der Waals surface area (Å²) in [6, 6.07) is 1.36. The highest BCUT2D eigenvalue weighted by Gasteiger charge is 2.09. The van der Waals surface area contributed by atoms with Crippen molar-refractivity contribution in [1.29, 1.82) is 0 Å². The van der Waals surface area contributed by atoms with E-state index in [2.05, 4.69) is 24.1 Å². The minimum absolute atomic E-state index is 0.0214. The van der Waals surface area contributed by atoms with Crippen LogP contribution in [0.5, 0.6) is 0 Å². The van der Waals surface area contributed by atoms with Crippen LogP contribution in [0.15, 0.2) is 18.5 Å². The molecular weight excluding hydrogens is 235 g/mol. The Balaban J connectivity index is 2.20. The van der Waals surface area contributed by atoms with Crippen molar-refractivity contribution in [1.82, 2.24) is 10.3 Å². The molecule has 5 heteroatoms. The first-order chi connectivity index (χ1) is 8.61. The molecule has 0 aliphatic rings. The van der Waals surface area contributed by atoms with Gasteiger partial charge in [-0.2, -0.15) is 0 Å². The Morgan fingerprint density at radius 2 is 2.33 bits per heavy atom. The number of amides is 1. The number of nitrogens with zero attached hydrogens (tertiary/aromatic N) is 1. The molecule has 0 bridgehead atoms. The Morgan fingerprint density at radius 3 is 3.00 bits per heavy atom. The monoisotopic (exact) mass is 254 g/mol. The molecule has 1 heterocycles. The number of carbonyl (C=O) groups is 1. The smallest absolute Gasteiger partial charge is 0.254 e. The van der Waals surface area contributed by atoms with Gasteiger partial charge in [0, 0.05) is 26.0 Å². The van der Waals surface area contributed by atoms with E-state index in [1.165, 1.54) is 12.3 Å². The molecule has 1 N–H and O–H groups in total. The van der Waals surface area contributed by atoms with E-state index in [-0.39, 0.29) is 5.56 Å². The van der Waals surface area contributed by atoms with Crippen LogP contribution in [-0.2, 0) is 4.74 Å². The molecule has 0 atom stereocenters. The summed E-state index contributed by atoms with van der Waals surface area (Å²) in [5.41, 5.74) is 0.0214. The molecule has 1 amide bonds. The van der Waals surface area contributed by atoms with Gasteiger partial charge in [-0.3, -0.25) is 9.78 Å². The second-order valence-electron chi connectivity index (χ2n) is 4.43. The van der Waals surface area contributed by atoms with Crippen molar-refractivity contribution in [3.63, 3.8) is 0 Å². The molecule has 0 unspecified atom stereocenters. The van der Waals surface area contributed by atoms with Gasteiger partial charge < -0.3 is 10.1 Å². The van der Waals surface area contributed by atoms with Gasteiger partial charge in [0.15, 0.2) is 5.82 Å². The van der Waals surface area contributed by atoms with Crippen molar-refractivity contribution >= 4 is 5.91 Å². The van der Waals surface area contributed by atoms with Crippen LogP contribution in [0.3, 0.4) is 0 Å². The molecule has 1 aromatic heterocycles. The van der Waals surface area contributed by atoms with Crippen LogP contribution in [0.4, 0.5) is 4.39 Å². The summed E-state index contributed by atoms with van der Waals surface area (Å²) < 4.78 is 18.6. The van der Waals surface area contributed by atoms with Crippen molar-refractivity contribution in [2.24, 2.45) is 5.92 Å². The van der Waals surface area contributed by atoms with Gasteiger partial charge in [-0.25, -0.2) is 4.39 Å². The van der Waals surface area contributed by atoms with Crippen molar-refractivity contribution in [3.05, 3.63) is 29.8 Å². The minimum atomic E-state index is -0.606. The SMILES string of the molecule is CC(C)COCCCNC(=O)c1ccncc1F. The quantitative estimate of drug-likeness (QED) is 0.757. The average molecular weight is 254 g/mol. The largest absolute Gasteiger partial charge is 0.381 e. The number of halogens is 1. The van der Waals surface area contributed by atoms with Gasteiger partial charge >= 0.3 is 0 Å². The molecule has 4 nitrogen and oxygen atoms in total. The Kier molecular flexibility index (Phi) is 6.28. The predicted octanol–water partition coefficient (Wildman–Crippen LogP) is 2.01. The minimum Gasteiger partial charge on any atom is -0.381 e. The van der Waals surface area contributed by atoms with Crippen molar-refractivity contribution < 1.29 is 13.9 Å². The highest BCUT2D eigenvalue weighted by Crippen LogP contribution is 2.03. The molecule has 0 spiro atoms. The summed E-state index contributed by atoms with van der Waals surface area (Å²) >= 11 is 0. The van der Waals surface area contributed by atoms with Crippen molar-refractivity contribution in [2.45, 2.75) is 20.3 Å². The molecule has 1 aromatic rings. The number of pyridine rings is 1. The molecule has 0 fully saturated rings. The number of rotatable bonds is 7. The van der Waals surface area contributed by atoms with Gasteiger partial charge in [-0.15, -0.1) is 0 Å². The summed E-state index contributed by atoms with van der Waals surface area (Å²) in [7, 11) is 0. The first-order valence-electron chi connectivity index (χ1n) is 6.06. The Hall–Kier alpha value is -1.49. The van der Waals surface area contributed by atoms with E-state index in [4.69, 9.17) is 4.74 Å². The molecular formula is C13H19FN2O2. The fourth-order valence-corrected chi connectivity index (χ4v) is 1.35. The highest BCUT2D eigenvalue weighted by atomic mass is 19.1. The van der Waals surface area contributed by atoms with Gasteiger partial charge in [-0.05, 0) is 18.4 Å². The van der Waals surface area contributed by atoms with Crippen LogP contribution in [0.1, 0.15) is 30.6 Å². The van der Waals surface area contributed by atoms with Crippen LogP contribution < -0.4 is 5.32 Å². The van der Waals surface area contributed by atoms with E-state index >= 15 is 0 Å². The lowest BCUT2D eigenvalue weighted by Gasteiger charge is -2.08. The maximum atomic E-state index is 13.2. The van der Waals surface area contributed by atoms with Crippen LogP contribution in [0, 0.1) is 11.7 Å². The summed E-state index contributed by atoms with van der Waals surface area (Å²) in [6.07, 6.45) is 3.13. The van der Waals surface area contributed by atoms with E-state index in [0.29, 0.717) is 32.1 Å². The van der Waals surface area contributed by atoms with Crippen LogP contribution in [-0.4, -0.2) is 30.6 Å². The lowest BCUT2D eigenvalue weighted by molar-refractivity contribution is 0.0921. The number of carbonyl (C=O) groups excluding carboxylic acids is 1. The van der Waals surface area contributed by atoms with Gasteiger partial charge in [0.05, 0.1) is 11.8 Å². The van der Waals surface area contributed by atoms with Gasteiger partial charge in [0.25, 0.3) is 5.91 Å². The number of hydrogen-bond acceptors (Lipinski definition) is 3. The molecule has 0 radical (unpaired) electrons. The van der Waals surface area contributed by atoms with E-state index in [1.54, 1.807) is 0 Å². The number of nitrogens with one attached hydrogen (secondary N) is 1. The zero-order valence-electron chi connectivity index (χ0n) is 10.8. The lowest BCUT2D eigenvalue weighted by atomic mass is 10.2. The molecule has 100 valence electrons. The molecule has 0 aliphatic carbocycles. The number of ether oxygens (including phenoxy) is 1. The molecule has 0 aliphatic heterocycles. The van der Waals surface area contributed by atoms with Gasteiger partial charge in [-0.1, -0.05) is 13.8 Å².